The number of thioether (sulfide) groups is 1. The third-order valence-electron chi connectivity index (χ3n) is 5.40. The van der Waals surface area contributed by atoms with Crippen LogP contribution in [0.25, 0.3) is 5.69 Å². The number of nitrogens with zero attached hydrogens (tertiary/aromatic N) is 6. The number of morpholine rings is 1. The Bertz CT molecular complexity index is 1170. The standard InChI is InChI=1S/C24H25ClN6O2S/c1-18-6-8-20(9-7-18)31-23(29-12-14-33-15-13-29)27-28-24(31)34-17-22(32)30(11-3-10-26)21-5-2-4-19(25)16-21/h2,4-9,16H,3,11-15,17H2,1H3. The smallest absolute Gasteiger partial charge is 0.237 e. The molecule has 8 nitrogen and oxygen atoms in total. The van der Waals surface area contributed by atoms with E-state index in [2.05, 4.69) is 21.2 Å². The molecule has 0 bridgehead atoms. The lowest BCUT2D eigenvalue weighted by Crippen LogP contribution is -2.38. The molecule has 0 saturated carbocycles. The van der Waals surface area contributed by atoms with E-state index < -0.39 is 0 Å². The van der Waals surface area contributed by atoms with E-state index in [0.717, 1.165) is 30.3 Å². The molecule has 1 aliphatic heterocycles. The van der Waals surface area contributed by atoms with E-state index in [1.807, 2.05) is 41.8 Å². The molecule has 0 atom stereocenters. The van der Waals surface area contributed by atoms with Crippen LogP contribution in [0.15, 0.2) is 53.7 Å². The van der Waals surface area contributed by atoms with Crippen molar-refractivity contribution in [3.63, 3.8) is 0 Å². The molecule has 1 aliphatic rings. The molecule has 10 heteroatoms. The molecule has 0 unspecified atom stereocenters. The highest BCUT2D eigenvalue weighted by Gasteiger charge is 2.23. The highest BCUT2D eigenvalue weighted by molar-refractivity contribution is 7.99. The molecule has 2 aromatic carbocycles. The fraction of sp³-hybridized carbons (Fsp3) is 0.333. The van der Waals surface area contributed by atoms with Gasteiger partial charge in [-0.15, -0.1) is 10.2 Å². The Hall–Kier alpha value is -3.06. The van der Waals surface area contributed by atoms with E-state index in [4.69, 9.17) is 21.6 Å². The molecule has 1 fully saturated rings. The number of aromatic nitrogens is 3. The zero-order chi connectivity index (χ0) is 23.9. The maximum absolute atomic E-state index is 13.2. The predicted octanol–water partition coefficient (Wildman–Crippen LogP) is 4.10. The number of aryl methyl sites for hydroxylation is 1. The largest absolute Gasteiger partial charge is 0.378 e. The molecule has 176 valence electrons. The van der Waals surface area contributed by atoms with E-state index in [0.29, 0.717) is 35.6 Å². The molecule has 4 rings (SSSR count). The average Bonchev–Trinajstić information content (AvgIpc) is 3.28. The van der Waals surface area contributed by atoms with Crippen molar-refractivity contribution >= 4 is 40.9 Å². The highest BCUT2D eigenvalue weighted by atomic mass is 35.5. The number of carbonyl (C=O) groups is 1. The quantitative estimate of drug-likeness (QED) is 0.434. The first-order valence-corrected chi connectivity index (χ1v) is 12.3. The normalized spacial score (nSPS) is 13.5. The molecule has 1 aromatic heterocycles. The van der Waals surface area contributed by atoms with Crippen molar-refractivity contribution in [3.8, 4) is 11.8 Å². The predicted molar refractivity (Wildman–Crippen MR) is 134 cm³/mol. The van der Waals surface area contributed by atoms with Crippen molar-refractivity contribution in [2.45, 2.75) is 18.5 Å². The van der Waals surface area contributed by atoms with Gasteiger partial charge in [-0.2, -0.15) is 5.26 Å². The highest BCUT2D eigenvalue weighted by Crippen LogP contribution is 2.28. The summed E-state index contributed by atoms with van der Waals surface area (Å²) >= 11 is 7.46. The second-order valence-electron chi connectivity index (χ2n) is 7.77. The summed E-state index contributed by atoms with van der Waals surface area (Å²) in [5, 5.41) is 19.1. The van der Waals surface area contributed by atoms with Gasteiger partial charge in [-0.1, -0.05) is 47.1 Å². The summed E-state index contributed by atoms with van der Waals surface area (Å²) in [5.41, 5.74) is 2.76. The summed E-state index contributed by atoms with van der Waals surface area (Å²) in [4.78, 5) is 16.9. The minimum atomic E-state index is -0.131. The first-order valence-electron chi connectivity index (χ1n) is 11.0. The van der Waals surface area contributed by atoms with Crippen LogP contribution in [0.5, 0.6) is 0 Å². The molecule has 0 spiro atoms. The van der Waals surface area contributed by atoms with Gasteiger partial charge in [-0.3, -0.25) is 9.36 Å². The van der Waals surface area contributed by atoms with Crippen LogP contribution in [0.4, 0.5) is 11.6 Å². The number of amides is 1. The summed E-state index contributed by atoms with van der Waals surface area (Å²) in [6, 6.07) is 17.3. The number of halogens is 1. The van der Waals surface area contributed by atoms with Crippen molar-refractivity contribution in [2.75, 3.05) is 48.4 Å². The lowest BCUT2D eigenvalue weighted by molar-refractivity contribution is -0.116. The Morgan fingerprint density at radius 3 is 2.68 bits per heavy atom. The summed E-state index contributed by atoms with van der Waals surface area (Å²) < 4.78 is 7.48. The number of hydrogen-bond acceptors (Lipinski definition) is 7. The maximum atomic E-state index is 13.2. The van der Waals surface area contributed by atoms with Crippen molar-refractivity contribution in [2.24, 2.45) is 0 Å². The Balaban J connectivity index is 1.58. The molecule has 0 radical (unpaired) electrons. The Kier molecular flexibility index (Phi) is 8.06. The molecule has 3 aromatic rings. The molecule has 0 aliphatic carbocycles. The molecule has 34 heavy (non-hydrogen) atoms. The molecular weight excluding hydrogens is 472 g/mol. The van der Waals surface area contributed by atoms with Gasteiger partial charge in [0.1, 0.15) is 0 Å². The first-order chi connectivity index (χ1) is 16.6. The fourth-order valence-corrected chi connectivity index (χ4v) is 4.66. The third kappa shape index (κ3) is 5.70. The lowest BCUT2D eigenvalue weighted by atomic mass is 10.2. The SMILES string of the molecule is Cc1ccc(-n2c(SCC(=O)N(CCC#N)c3cccc(Cl)c3)nnc2N2CCOCC2)cc1. The molecule has 1 saturated heterocycles. The van der Waals surface area contributed by atoms with E-state index in [1.54, 1.807) is 23.1 Å². The van der Waals surface area contributed by atoms with E-state index in [9.17, 15) is 4.79 Å². The number of hydrogen-bond donors (Lipinski definition) is 0. The van der Waals surface area contributed by atoms with E-state index in [1.165, 1.54) is 11.8 Å². The zero-order valence-electron chi connectivity index (χ0n) is 18.9. The average molecular weight is 497 g/mol. The van der Waals surface area contributed by atoms with Crippen molar-refractivity contribution in [3.05, 3.63) is 59.1 Å². The Morgan fingerprint density at radius 2 is 1.97 bits per heavy atom. The monoisotopic (exact) mass is 496 g/mol. The minimum absolute atomic E-state index is 0.131. The van der Waals surface area contributed by atoms with Crippen LogP contribution >= 0.6 is 23.4 Å². The minimum Gasteiger partial charge on any atom is -0.378 e. The third-order valence-corrected chi connectivity index (χ3v) is 6.54. The maximum Gasteiger partial charge on any atom is 0.237 e. The van der Waals surface area contributed by atoms with Crippen molar-refractivity contribution in [1.29, 1.82) is 5.26 Å². The molecule has 0 N–H and O–H groups in total. The zero-order valence-corrected chi connectivity index (χ0v) is 20.4. The van der Waals surface area contributed by atoms with Gasteiger partial charge in [0, 0.05) is 30.3 Å². The summed E-state index contributed by atoms with van der Waals surface area (Å²) in [7, 11) is 0. The van der Waals surface area contributed by atoms with Gasteiger partial charge in [-0.25, -0.2) is 0 Å². The van der Waals surface area contributed by atoms with Crippen LogP contribution < -0.4 is 9.80 Å². The van der Waals surface area contributed by atoms with Crippen molar-refractivity contribution in [1.82, 2.24) is 14.8 Å². The van der Waals surface area contributed by atoms with Gasteiger partial charge < -0.3 is 14.5 Å². The summed E-state index contributed by atoms with van der Waals surface area (Å²) in [5.74, 6) is 0.748. The van der Waals surface area contributed by atoms with Crippen LogP contribution in [-0.4, -0.2) is 59.3 Å². The fourth-order valence-electron chi connectivity index (χ4n) is 3.65. The van der Waals surface area contributed by atoms with Crippen LogP contribution in [0.3, 0.4) is 0 Å². The summed E-state index contributed by atoms with van der Waals surface area (Å²) in [6.45, 7) is 5.05. The van der Waals surface area contributed by atoms with Gasteiger partial charge in [0.15, 0.2) is 5.16 Å². The number of ether oxygens (including phenoxy) is 1. The number of carbonyl (C=O) groups excluding carboxylic acids is 1. The second-order valence-corrected chi connectivity index (χ2v) is 9.15. The van der Waals surface area contributed by atoms with Gasteiger partial charge in [0.25, 0.3) is 0 Å². The van der Waals surface area contributed by atoms with Gasteiger partial charge in [-0.05, 0) is 37.3 Å². The second kappa shape index (κ2) is 11.4. The Morgan fingerprint density at radius 1 is 1.21 bits per heavy atom. The number of rotatable bonds is 8. The first kappa shape index (κ1) is 24.1. The van der Waals surface area contributed by atoms with Crippen molar-refractivity contribution < 1.29 is 9.53 Å². The van der Waals surface area contributed by atoms with Crippen LogP contribution in [-0.2, 0) is 9.53 Å². The number of anilines is 2. The summed E-state index contributed by atoms with van der Waals surface area (Å²) in [6.07, 6.45) is 0.226. The molecular formula is C24H25ClN6O2S. The molecule has 2 heterocycles. The molecule has 1 amide bonds. The van der Waals surface area contributed by atoms with Gasteiger partial charge in [0.05, 0.1) is 37.1 Å². The lowest BCUT2D eigenvalue weighted by Gasteiger charge is -2.28. The van der Waals surface area contributed by atoms with E-state index in [-0.39, 0.29) is 18.1 Å². The van der Waals surface area contributed by atoms with Crippen LogP contribution in [0, 0.1) is 18.3 Å². The van der Waals surface area contributed by atoms with Crippen LogP contribution in [0.2, 0.25) is 5.02 Å². The van der Waals surface area contributed by atoms with Gasteiger partial charge in [0.2, 0.25) is 11.9 Å². The van der Waals surface area contributed by atoms with Crippen LogP contribution in [0.1, 0.15) is 12.0 Å². The number of nitriles is 1. The van der Waals surface area contributed by atoms with E-state index >= 15 is 0 Å². The number of benzene rings is 2. The Labute approximate surface area is 208 Å². The topological polar surface area (TPSA) is 87.3 Å². The van der Waals surface area contributed by atoms with Gasteiger partial charge >= 0.3 is 0 Å².